The molecular formula is C10H13BO3. The summed E-state index contributed by atoms with van der Waals surface area (Å²) in [6.07, 6.45) is 0.834. The van der Waals surface area contributed by atoms with E-state index in [-0.39, 0.29) is 0 Å². The van der Waals surface area contributed by atoms with Gasteiger partial charge in [-0.3, -0.25) is 4.79 Å². The van der Waals surface area contributed by atoms with Crippen LogP contribution in [0.1, 0.15) is 10.4 Å². The molecule has 0 aliphatic rings. The summed E-state index contributed by atoms with van der Waals surface area (Å²) < 4.78 is 10.2. The number of carbonyl (C=O) groups excluding carboxylic acids is 1. The monoisotopic (exact) mass is 192 g/mol. The highest BCUT2D eigenvalue weighted by molar-refractivity contribution is 6.53. The molecule has 0 atom stereocenters. The predicted octanol–water partition coefficient (Wildman–Crippen LogP) is 0.626. The van der Waals surface area contributed by atoms with Crippen molar-refractivity contribution in [3.63, 3.8) is 0 Å². The summed E-state index contributed by atoms with van der Waals surface area (Å²) in [5, 5.41) is 0. The minimum absolute atomic E-state index is 0.590. The van der Waals surface area contributed by atoms with Crippen molar-refractivity contribution in [3.8, 4) is 11.5 Å². The molecular weight excluding hydrogens is 179 g/mol. The molecule has 0 spiro atoms. The molecule has 1 aromatic rings. The van der Waals surface area contributed by atoms with Crippen molar-refractivity contribution in [1.29, 1.82) is 0 Å². The number of methoxy groups -OCH3 is 2. The summed E-state index contributed by atoms with van der Waals surface area (Å²) in [6, 6.07) is 3.53. The van der Waals surface area contributed by atoms with Gasteiger partial charge in [0.1, 0.15) is 6.29 Å². The van der Waals surface area contributed by atoms with Crippen LogP contribution in [0, 0.1) is 0 Å². The highest BCUT2D eigenvalue weighted by Crippen LogP contribution is 2.25. The summed E-state index contributed by atoms with van der Waals surface area (Å²) in [6.45, 7) is 1.99. The molecule has 0 unspecified atom stereocenters. The van der Waals surface area contributed by atoms with E-state index < -0.39 is 0 Å². The number of benzene rings is 1. The van der Waals surface area contributed by atoms with E-state index >= 15 is 0 Å². The topological polar surface area (TPSA) is 35.5 Å². The number of hydrogen-bond acceptors (Lipinski definition) is 3. The van der Waals surface area contributed by atoms with Crippen molar-refractivity contribution in [2.45, 2.75) is 6.82 Å². The molecule has 14 heavy (non-hydrogen) atoms. The van der Waals surface area contributed by atoms with Crippen molar-refractivity contribution >= 4 is 19.0 Å². The lowest BCUT2D eigenvalue weighted by Gasteiger charge is -2.10. The Labute approximate surface area is 84.3 Å². The third-order valence-electron chi connectivity index (χ3n) is 2.15. The van der Waals surface area contributed by atoms with Crippen LogP contribution in [0.15, 0.2) is 12.1 Å². The van der Waals surface area contributed by atoms with Gasteiger partial charge in [0.15, 0.2) is 18.8 Å². The standard InChI is InChI=1S/C10H13BO3/c1-11-8-5-10(14-3)9(13-2)4-7(8)6-12/h4-6,11H,1-3H3. The third-order valence-corrected chi connectivity index (χ3v) is 2.15. The normalized spacial score (nSPS) is 9.36. The smallest absolute Gasteiger partial charge is 0.161 e. The van der Waals surface area contributed by atoms with Crippen molar-refractivity contribution in [1.82, 2.24) is 0 Å². The van der Waals surface area contributed by atoms with E-state index in [0.29, 0.717) is 17.1 Å². The van der Waals surface area contributed by atoms with Gasteiger partial charge in [-0.25, -0.2) is 0 Å². The lowest BCUT2D eigenvalue weighted by Crippen LogP contribution is -2.17. The largest absolute Gasteiger partial charge is 0.493 e. The van der Waals surface area contributed by atoms with Crippen LogP contribution in [0.2, 0.25) is 6.82 Å². The van der Waals surface area contributed by atoms with Crippen molar-refractivity contribution in [3.05, 3.63) is 17.7 Å². The van der Waals surface area contributed by atoms with Crippen LogP contribution in [0.3, 0.4) is 0 Å². The van der Waals surface area contributed by atoms with Crippen LogP contribution in [-0.4, -0.2) is 27.8 Å². The first kappa shape index (κ1) is 10.6. The Morgan fingerprint density at radius 2 is 1.79 bits per heavy atom. The summed E-state index contributed by atoms with van der Waals surface area (Å²) in [7, 11) is 3.93. The van der Waals surface area contributed by atoms with Crippen LogP contribution in [0.4, 0.5) is 0 Å². The van der Waals surface area contributed by atoms with Crippen LogP contribution >= 0.6 is 0 Å². The van der Waals surface area contributed by atoms with Crippen LogP contribution in [0.25, 0.3) is 0 Å². The van der Waals surface area contributed by atoms with E-state index in [1.165, 1.54) is 0 Å². The first-order valence-corrected chi connectivity index (χ1v) is 4.46. The number of hydrogen-bond donors (Lipinski definition) is 0. The summed E-state index contributed by atoms with van der Waals surface area (Å²) >= 11 is 0. The summed E-state index contributed by atoms with van der Waals surface area (Å²) in [5.74, 6) is 1.25. The second kappa shape index (κ2) is 4.70. The quantitative estimate of drug-likeness (QED) is 0.518. The molecule has 0 amide bonds. The van der Waals surface area contributed by atoms with Crippen LogP contribution in [0.5, 0.6) is 11.5 Å². The highest BCUT2D eigenvalue weighted by Gasteiger charge is 2.09. The molecule has 1 rings (SSSR count). The van der Waals surface area contributed by atoms with Gasteiger partial charge in [0, 0.05) is 5.56 Å². The van der Waals surface area contributed by atoms with Gasteiger partial charge in [-0.15, -0.1) is 0 Å². The molecule has 74 valence electrons. The second-order valence-electron chi connectivity index (χ2n) is 2.88. The molecule has 0 saturated heterocycles. The Morgan fingerprint density at radius 3 is 2.21 bits per heavy atom. The van der Waals surface area contributed by atoms with Gasteiger partial charge in [0.05, 0.1) is 14.2 Å². The third kappa shape index (κ3) is 1.89. The zero-order valence-electron chi connectivity index (χ0n) is 8.66. The summed E-state index contributed by atoms with van der Waals surface area (Å²) in [5.41, 5.74) is 1.63. The van der Waals surface area contributed by atoms with Gasteiger partial charge in [0.25, 0.3) is 0 Å². The highest BCUT2D eigenvalue weighted by atomic mass is 16.5. The average Bonchev–Trinajstić information content (AvgIpc) is 2.26. The van der Waals surface area contributed by atoms with E-state index in [4.69, 9.17) is 9.47 Å². The van der Waals surface area contributed by atoms with E-state index in [0.717, 1.165) is 19.0 Å². The SMILES string of the molecule is CBc1cc(OC)c(OC)cc1C=O. The maximum absolute atomic E-state index is 10.8. The summed E-state index contributed by atoms with van der Waals surface area (Å²) in [4.78, 5) is 10.8. The molecule has 0 aromatic heterocycles. The number of aldehydes is 1. The maximum atomic E-state index is 10.8. The molecule has 0 radical (unpaired) electrons. The minimum Gasteiger partial charge on any atom is -0.493 e. The number of rotatable bonds is 4. The fourth-order valence-electron chi connectivity index (χ4n) is 1.35. The lowest BCUT2D eigenvalue weighted by molar-refractivity contribution is 0.112. The molecule has 0 aliphatic carbocycles. The van der Waals surface area contributed by atoms with Gasteiger partial charge in [-0.1, -0.05) is 12.3 Å². The fourth-order valence-corrected chi connectivity index (χ4v) is 1.35. The van der Waals surface area contributed by atoms with Gasteiger partial charge >= 0.3 is 0 Å². The predicted molar refractivity (Wildman–Crippen MR) is 57.6 cm³/mol. The molecule has 1 aromatic carbocycles. The van der Waals surface area contributed by atoms with Crippen LogP contribution in [-0.2, 0) is 0 Å². The van der Waals surface area contributed by atoms with Gasteiger partial charge < -0.3 is 9.47 Å². The molecule has 4 heteroatoms. The molecule has 0 N–H and O–H groups in total. The van der Waals surface area contributed by atoms with Crippen molar-refractivity contribution in [2.24, 2.45) is 0 Å². The van der Waals surface area contributed by atoms with Gasteiger partial charge in [-0.05, 0) is 12.1 Å². The molecule has 3 nitrogen and oxygen atoms in total. The number of carbonyl (C=O) groups is 1. The second-order valence-corrected chi connectivity index (χ2v) is 2.88. The van der Waals surface area contributed by atoms with Crippen molar-refractivity contribution in [2.75, 3.05) is 14.2 Å². The zero-order chi connectivity index (χ0) is 10.6. The van der Waals surface area contributed by atoms with Gasteiger partial charge in [-0.2, -0.15) is 0 Å². The molecule has 0 bridgehead atoms. The Morgan fingerprint density at radius 1 is 1.21 bits per heavy atom. The van der Waals surface area contributed by atoms with Crippen LogP contribution < -0.4 is 14.9 Å². The Bertz CT molecular complexity index is 336. The van der Waals surface area contributed by atoms with E-state index in [1.54, 1.807) is 20.3 Å². The van der Waals surface area contributed by atoms with E-state index in [9.17, 15) is 4.79 Å². The minimum atomic E-state index is 0.590. The Hall–Kier alpha value is -1.45. The lowest BCUT2D eigenvalue weighted by atomic mass is 9.71. The fraction of sp³-hybridized carbons (Fsp3) is 0.300. The van der Waals surface area contributed by atoms with Gasteiger partial charge in [0.2, 0.25) is 0 Å². The molecule has 0 heterocycles. The first-order chi connectivity index (χ1) is 6.76. The maximum Gasteiger partial charge on any atom is 0.161 e. The Kier molecular flexibility index (Phi) is 3.57. The number of ether oxygens (including phenoxy) is 2. The zero-order valence-corrected chi connectivity index (χ0v) is 8.66. The van der Waals surface area contributed by atoms with E-state index in [2.05, 4.69) is 0 Å². The molecule has 0 fully saturated rings. The molecule has 0 saturated carbocycles. The average molecular weight is 192 g/mol. The van der Waals surface area contributed by atoms with E-state index in [1.807, 2.05) is 12.9 Å². The molecule has 0 aliphatic heterocycles. The Balaban J connectivity index is 3.27. The first-order valence-electron chi connectivity index (χ1n) is 4.46. The van der Waals surface area contributed by atoms with Crippen molar-refractivity contribution < 1.29 is 14.3 Å².